The van der Waals surface area contributed by atoms with Gasteiger partial charge in [0.1, 0.15) is 23.1 Å². The molecule has 206 valence electrons. The smallest absolute Gasteiger partial charge is 0.196 e. The van der Waals surface area contributed by atoms with E-state index in [1.165, 1.54) is 4.68 Å². The van der Waals surface area contributed by atoms with Crippen molar-refractivity contribution in [2.45, 2.75) is 79.7 Å². The number of azo groups is 1. The van der Waals surface area contributed by atoms with Gasteiger partial charge < -0.3 is 0 Å². The molecule has 9 nitrogen and oxygen atoms in total. The summed E-state index contributed by atoms with van der Waals surface area (Å²) in [6.07, 6.45) is 0. The van der Waals surface area contributed by atoms with Crippen LogP contribution >= 0.6 is 34.8 Å². The lowest BCUT2D eigenvalue weighted by atomic mass is 9.90. The fourth-order valence-electron chi connectivity index (χ4n) is 4.31. The van der Waals surface area contributed by atoms with Crippen LogP contribution in [0, 0.1) is 24.2 Å². The van der Waals surface area contributed by atoms with E-state index in [1.807, 2.05) is 32.4 Å². The van der Waals surface area contributed by atoms with E-state index in [2.05, 4.69) is 45.8 Å². The van der Waals surface area contributed by atoms with Crippen molar-refractivity contribution in [1.29, 1.82) is 5.26 Å². The molecular weight excluding hydrogens is 557 g/mol. The van der Waals surface area contributed by atoms with Crippen molar-refractivity contribution in [3.05, 3.63) is 50.0 Å². The van der Waals surface area contributed by atoms with Gasteiger partial charge in [-0.25, -0.2) is 9.36 Å². The summed E-state index contributed by atoms with van der Waals surface area (Å²) >= 11 is 19.3. The van der Waals surface area contributed by atoms with Crippen molar-refractivity contribution < 1.29 is 0 Å². The summed E-state index contributed by atoms with van der Waals surface area (Å²) in [5.41, 5.74) is 2.43. The van der Waals surface area contributed by atoms with Gasteiger partial charge in [0, 0.05) is 22.4 Å². The number of nitriles is 1. The topological polar surface area (TPSA) is 101 Å². The normalized spacial score (nSPS) is 12.8. The maximum atomic E-state index is 10.2. The van der Waals surface area contributed by atoms with Crippen molar-refractivity contribution in [2.24, 2.45) is 16.1 Å². The zero-order valence-electron chi connectivity index (χ0n) is 23.6. The number of benzene rings is 1. The zero-order valence-corrected chi connectivity index (χ0v) is 25.9. The van der Waals surface area contributed by atoms with Crippen LogP contribution in [0.2, 0.25) is 15.1 Å². The van der Waals surface area contributed by atoms with Gasteiger partial charge in [0.25, 0.3) is 0 Å². The van der Waals surface area contributed by atoms with Crippen molar-refractivity contribution in [2.75, 3.05) is 0 Å². The summed E-state index contributed by atoms with van der Waals surface area (Å²) in [4.78, 5) is 0. The first kappa shape index (κ1) is 29.1. The van der Waals surface area contributed by atoms with E-state index in [-0.39, 0.29) is 26.8 Å². The number of halogens is 3. The van der Waals surface area contributed by atoms with Crippen LogP contribution in [-0.4, -0.2) is 29.2 Å². The van der Waals surface area contributed by atoms with Gasteiger partial charge in [-0.1, -0.05) is 90.2 Å². The molecular formula is C27H32Cl3N9. The van der Waals surface area contributed by atoms with E-state index in [9.17, 15) is 5.26 Å². The highest BCUT2D eigenvalue weighted by Crippen LogP contribution is 2.41. The Kier molecular flexibility index (Phi) is 7.63. The minimum atomic E-state index is -0.472. The monoisotopic (exact) mass is 587 g/mol. The fourth-order valence-corrected chi connectivity index (χ4v) is 5.29. The fraction of sp³-hybridized carbons (Fsp3) is 0.481. The van der Waals surface area contributed by atoms with Crippen molar-refractivity contribution >= 4 is 52.0 Å². The van der Waals surface area contributed by atoms with Crippen LogP contribution in [0.1, 0.15) is 78.2 Å². The van der Waals surface area contributed by atoms with Crippen LogP contribution in [-0.2, 0) is 17.4 Å². The first-order chi connectivity index (χ1) is 18.0. The summed E-state index contributed by atoms with van der Waals surface area (Å²) < 4.78 is 5.18. The van der Waals surface area contributed by atoms with Gasteiger partial charge in [-0.05, 0) is 25.0 Å². The number of hydrogen-bond donors (Lipinski definition) is 0. The van der Waals surface area contributed by atoms with E-state index >= 15 is 0 Å². The molecule has 0 aliphatic rings. The third-order valence-corrected chi connectivity index (χ3v) is 6.82. The van der Waals surface area contributed by atoms with Gasteiger partial charge in [-0.15, -0.1) is 10.2 Å². The van der Waals surface area contributed by atoms with Crippen molar-refractivity contribution in [1.82, 2.24) is 29.2 Å². The van der Waals surface area contributed by atoms with Gasteiger partial charge in [0.05, 0.1) is 21.4 Å². The minimum absolute atomic E-state index is 0.208. The Bertz CT molecular complexity index is 1610. The Morgan fingerprint density at radius 1 is 0.923 bits per heavy atom. The molecule has 12 heteroatoms. The highest BCUT2D eigenvalue weighted by atomic mass is 35.5. The predicted molar refractivity (Wildman–Crippen MR) is 155 cm³/mol. The SMILES string of the molecule is Cc1nn(CC(C)C)c2c(/N=N/c3c(C#N)c(C(C)(C)C)nn3-c3c(Cl)cc(Cl)cc3Cl)c(C(C)(C)C)nn12. The lowest BCUT2D eigenvalue weighted by Crippen LogP contribution is -2.14. The maximum Gasteiger partial charge on any atom is 0.196 e. The molecule has 1 aromatic carbocycles. The predicted octanol–water partition coefficient (Wildman–Crippen LogP) is 8.52. The second-order valence-corrected chi connectivity index (χ2v) is 13.3. The lowest BCUT2D eigenvalue weighted by Gasteiger charge is -2.15. The maximum absolute atomic E-state index is 10.2. The zero-order chi connectivity index (χ0) is 29.0. The quantitative estimate of drug-likeness (QED) is 0.218. The summed E-state index contributed by atoms with van der Waals surface area (Å²) in [5, 5.41) is 34.9. The molecule has 0 N–H and O–H groups in total. The molecule has 0 aliphatic carbocycles. The van der Waals surface area contributed by atoms with E-state index in [0.29, 0.717) is 34.6 Å². The van der Waals surface area contributed by atoms with E-state index in [0.717, 1.165) is 17.2 Å². The average molecular weight is 589 g/mol. The largest absolute Gasteiger partial charge is 0.244 e. The van der Waals surface area contributed by atoms with E-state index < -0.39 is 5.41 Å². The van der Waals surface area contributed by atoms with Gasteiger partial charge in [0.2, 0.25) is 0 Å². The third-order valence-electron chi connectivity index (χ3n) is 6.02. The van der Waals surface area contributed by atoms with Gasteiger partial charge in [0.15, 0.2) is 17.2 Å². The number of hydrogen-bond acceptors (Lipinski definition) is 6. The number of aromatic nitrogens is 6. The standard InChI is InChI=1S/C27H32Cl3N9/c1-14(2)13-37-25-20(23(27(7,8)9)36-38(25)15(3)34-37)32-33-24-17(12-31)22(26(4,5)6)35-39(24)21-18(29)10-16(28)11-19(21)30/h10-11,14H,13H2,1-9H3/b33-32+. The molecule has 3 aromatic heterocycles. The highest BCUT2D eigenvalue weighted by molar-refractivity contribution is 6.40. The first-order valence-corrected chi connectivity index (χ1v) is 13.7. The molecule has 0 spiro atoms. The summed E-state index contributed by atoms with van der Waals surface area (Å²) in [6, 6.07) is 5.42. The molecule has 39 heavy (non-hydrogen) atoms. The Balaban J connectivity index is 2.05. The molecule has 0 amide bonds. The Morgan fingerprint density at radius 2 is 1.51 bits per heavy atom. The Hall–Kier alpha value is -2.93. The molecule has 0 atom stereocenters. The molecule has 0 bridgehead atoms. The van der Waals surface area contributed by atoms with Crippen LogP contribution in [0.4, 0.5) is 11.5 Å². The Labute approximate surface area is 243 Å². The van der Waals surface area contributed by atoms with Crippen molar-refractivity contribution in [3.63, 3.8) is 0 Å². The van der Waals surface area contributed by atoms with E-state index in [1.54, 1.807) is 16.6 Å². The Morgan fingerprint density at radius 3 is 2.03 bits per heavy atom. The second kappa shape index (κ2) is 10.2. The molecule has 4 aromatic rings. The van der Waals surface area contributed by atoms with Gasteiger partial charge in [-0.2, -0.15) is 25.1 Å². The molecule has 4 rings (SSSR count). The van der Waals surface area contributed by atoms with Crippen LogP contribution < -0.4 is 0 Å². The number of nitrogens with zero attached hydrogens (tertiary/aromatic N) is 9. The third kappa shape index (κ3) is 5.43. The number of aryl methyl sites for hydroxylation is 1. The first-order valence-electron chi connectivity index (χ1n) is 12.6. The lowest BCUT2D eigenvalue weighted by molar-refractivity contribution is 0.492. The second-order valence-electron chi connectivity index (χ2n) is 12.0. The van der Waals surface area contributed by atoms with Crippen LogP contribution in [0.3, 0.4) is 0 Å². The average Bonchev–Trinajstić information content (AvgIpc) is 3.43. The molecule has 0 saturated carbocycles. The van der Waals surface area contributed by atoms with E-state index in [4.69, 9.17) is 55.2 Å². The van der Waals surface area contributed by atoms with Crippen molar-refractivity contribution in [3.8, 4) is 11.8 Å². The summed E-state index contributed by atoms with van der Waals surface area (Å²) in [7, 11) is 0. The van der Waals surface area contributed by atoms with Gasteiger partial charge in [-0.3, -0.25) is 0 Å². The molecule has 0 aliphatic heterocycles. The minimum Gasteiger partial charge on any atom is -0.244 e. The van der Waals surface area contributed by atoms with Crippen LogP contribution in [0.25, 0.3) is 11.3 Å². The molecule has 3 heterocycles. The van der Waals surface area contributed by atoms with Crippen LogP contribution in [0.15, 0.2) is 22.4 Å². The summed E-state index contributed by atoms with van der Waals surface area (Å²) in [5.74, 6) is 1.30. The molecule has 0 radical (unpaired) electrons. The highest BCUT2D eigenvalue weighted by Gasteiger charge is 2.31. The van der Waals surface area contributed by atoms with Gasteiger partial charge >= 0.3 is 0 Å². The molecule has 0 fully saturated rings. The molecule has 0 unspecified atom stereocenters. The number of fused-ring (bicyclic) bond motifs is 1. The molecule has 0 saturated heterocycles. The summed E-state index contributed by atoms with van der Waals surface area (Å²) in [6.45, 7) is 19.0. The number of rotatable bonds is 5. The van der Waals surface area contributed by atoms with Crippen LogP contribution in [0.5, 0.6) is 0 Å².